The maximum Gasteiger partial charge on any atom is 0.275 e. The van der Waals surface area contributed by atoms with Crippen molar-refractivity contribution in [1.82, 2.24) is 5.43 Å². The van der Waals surface area contributed by atoms with E-state index in [1.165, 1.54) is 12.1 Å². The highest BCUT2D eigenvalue weighted by Gasteiger charge is 2.11. The molecule has 0 bridgehead atoms. The van der Waals surface area contributed by atoms with Crippen LogP contribution in [-0.2, 0) is 6.61 Å². The van der Waals surface area contributed by atoms with Crippen molar-refractivity contribution >= 4 is 11.6 Å². The summed E-state index contributed by atoms with van der Waals surface area (Å²) in [6, 6.07) is 23.7. The average molecular weight is 360 g/mol. The van der Waals surface area contributed by atoms with Crippen molar-refractivity contribution in [3.63, 3.8) is 0 Å². The molecule has 0 unspecified atom stereocenters. The van der Waals surface area contributed by atoms with E-state index in [-0.39, 0.29) is 11.3 Å². The molecule has 0 atom stereocenters. The Labute approximate surface area is 157 Å². The molecule has 3 rings (SSSR count). The quantitative estimate of drug-likeness (QED) is 0.513. The molecule has 5 nitrogen and oxygen atoms in total. The summed E-state index contributed by atoms with van der Waals surface area (Å²) in [6.07, 6.45) is 0. The first-order valence-electron chi connectivity index (χ1n) is 8.54. The van der Waals surface area contributed by atoms with Gasteiger partial charge < -0.3 is 9.84 Å². The minimum Gasteiger partial charge on any atom is -0.507 e. The molecule has 1 amide bonds. The van der Waals surface area contributed by atoms with Crippen LogP contribution in [0.3, 0.4) is 0 Å². The number of amides is 1. The van der Waals surface area contributed by atoms with E-state index in [2.05, 4.69) is 10.5 Å². The first kappa shape index (κ1) is 18.2. The van der Waals surface area contributed by atoms with Gasteiger partial charge in [-0.1, -0.05) is 54.6 Å². The van der Waals surface area contributed by atoms with Gasteiger partial charge in [-0.05, 0) is 36.8 Å². The Balaban J connectivity index is 1.72. The molecule has 3 aromatic carbocycles. The highest BCUT2D eigenvalue weighted by atomic mass is 16.5. The molecule has 27 heavy (non-hydrogen) atoms. The summed E-state index contributed by atoms with van der Waals surface area (Å²) in [7, 11) is 0. The number of benzene rings is 3. The fraction of sp³-hybridized carbons (Fsp3) is 0.0909. The number of hydrogen-bond acceptors (Lipinski definition) is 4. The van der Waals surface area contributed by atoms with Gasteiger partial charge in [-0.2, -0.15) is 5.10 Å². The Morgan fingerprint density at radius 2 is 1.56 bits per heavy atom. The molecule has 0 heterocycles. The van der Waals surface area contributed by atoms with Gasteiger partial charge >= 0.3 is 0 Å². The molecule has 0 saturated carbocycles. The van der Waals surface area contributed by atoms with Crippen molar-refractivity contribution < 1.29 is 14.6 Å². The molecule has 3 aromatic rings. The van der Waals surface area contributed by atoms with E-state index in [0.717, 1.165) is 11.1 Å². The molecular weight excluding hydrogens is 340 g/mol. The minimum absolute atomic E-state index is 0.0885. The molecule has 136 valence electrons. The SMILES string of the molecule is C/C(=N/NC(=O)c1ccccc1O)c1ccccc1OCc1ccccc1. The Hall–Kier alpha value is -3.60. The fourth-order valence-electron chi connectivity index (χ4n) is 2.55. The van der Waals surface area contributed by atoms with Gasteiger partial charge in [0.1, 0.15) is 18.1 Å². The van der Waals surface area contributed by atoms with Crippen molar-refractivity contribution in [3.05, 3.63) is 95.6 Å². The molecular formula is C22H20N2O3. The van der Waals surface area contributed by atoms with E-state index in [1.54, 1.807) is 19.1 Å². The minimum atomic E-state index is -0.477. The zero-order valence-electron chi connectivity index (χ0n) is 14.9. The van der Waals surface area contributed by atoms with Gasteiger partial charge in [0.2, 0.25) is 0 Å². The summed E-state index contributed by atoms with van der Waals surface area (Å²) in [5.74, 6) is 0.115. The van der Waals surface area contributed by atoms with Crippen molar-refractivity contribution in [1.29, 1.82) is 0 Å². The third-order valence-electron chi connectivity index (χ3n) is 3.99. The smallest absolute Gasteiger partial charge is 0.275 e. The Morgan fingerprint density at radius 3 is 2.30 bits per heavy atom. The van der Waals surface area contributed by atoms with Crippen molar-refractivity contribution in [3.8, 4) is 11.5 Å². The highest BCUT2D eigenvalue weighted by Crippen LogP contribution is 2.20. The van der Waals surface area contributed by atoms with Gasteiger partial charge in [0.05, 0.1) is 11.3 Å². The Bertz CT molecular complexity index is 953. The average Bonchev–Trinajstić information content (AvgIpc) is 2.71. The second-order valence-electron chi connectivity index (χ2n) is 5.93. The predicted octanol–water partition coefficient (Wildman–Crippen LogP) is 4.13. The molecule has 0 aliphatic rings. The van der Waals surface area contributed by atoms with Crippen LogP contribution >= 0.6 is 0 Å². The van der Waals surface area contributed by atoms with Crippen molar-refractivity contribution in [2.75, 3.05) is 0 Å². The number of hydrazone groups is 1. The second kappa shape index (κ2) is 8.67. The fourth-order valence-corrected chi connectivity index (χ4v) is 2.55. The summed E-state index contributed by atoms with van der Waals surface area (Å²) in [4.78, 5) is 12.2. The summed E-state index contributed by atoms with van der Waals surface area (Å²) < 4.78 is 5.92. The van der Waals surface area contributed by atoms with Gasteiger partial charge in [-0.25, -0.2) is 5.43 Å². The molecule has 0 saturated heterocycles. The normalized spacial score (nSPS) is 11.1. The zero-order valence-corrected chi connectivity index (χ0v) is 14.9. The van der Waals surface area contributed by atoms with Crippen LogP contribution in [0.4, 0.5) is 0 Å². The molecule has 0 radical (unpaired) electrons. The number of phenolic OH excluding ortho intramolecular Hbond substituents is 1. The number of phenols is 1. The first-order valence-corrected chi connectivity index (χ1v) is 8.54. The first-order chi connectivity index (χ1) is 13.1. The number of para-hydroxylation sites is 2. The maximum absolute atomic E-state index is 12.2. The number of nitrogens with one attached hydrogen (secondary N) is 1. The molecule has 0 spiro atoms. The molecule has 0 fully saturated rings. The van der Waals surface area contributed by atoms with Crippen LogP contribution < -0.4 is 10.2 Å². The number of nitrogens with zero attached hydrogens (tertiary/aromatic N) is 1. The van der Waals surface area contributed by atoms with E-state index in [1.807, 2.05) is 54.6 Å². The summed E-state index contributed by atoms with van der Waals surface area (Å²) in [5.41, 5.74) is 5.09. The second-order valence-corrected chi connectivity index (χ2v) is 5.93. The number of hydrogen-bond donors (Lipinski definition) is 2. The van der Waals surface area contributed by atoms with Gasteiger partial charge in [0.15, 0.2) is 0 Å². The molecule has 0 aromatic heterocycles. The van der Waals surface area contributed by atoms with Gasteiger partial charge in [-0.3, -0.25) is 4.79 Å². The number of ether oxygens (including phenoxy) is 1. The molecule has 0 aliphatic heterocycles. The van der Waals surface area contributed by atoms with Crippen LogP contribution in [0.1, 0.15) is 28.4 Å². The van der Waals surface area contributed by atoms with E-state index < -0.39 is 5.91 Å². The Morgan fingerprint density at radius 1 is 0.926 bits per heavy atom. The van der Waals surface area contributed by atoms with Crippen LogP contribution in [0, 0.1) is 0 Å². The largest absolute Gasteiger partial charge is 0.507 e. The molecule has 5 heteroatoms. The number of rotatable bonds is 6. The maximum atomic E-state index is 12.2. The molecule has 2 N–H and O–H groups in total. The highest BCUT2D eigenvalue weighted by molar-refractivity contribution is 6.03. The lowest BCUT2D eigenvalue weighted by atomic mass is 10.1. The number of aromatic hydroxyl groups is 1. The van der Waals surface area contributed by atoms with E-state index in [4.69, 9.17) is 4.74 Å². The summed E-state index contributed by atoms with van der Waals surface area (Å²) >= 11 is 0. The lowest BCUT2D eigenvalue weighted by Gasteiger charge is -2.11. The van der Waals surface area contributed by atoms with Gasteiger partial charge in [0, 0.05) is 5.56 Å². The van der Waals surface area contributed by atoms with Crippen molar-refractivity contribution in [2.45, 2.75) is 13.5 Å². The van der Waals surface area contributed by atoms with Gasteiger partial charge in [-0.15, -0.1) is 0 Å². The van der Waals surface area contributed by atoms with E-state index >= 15 is 0 Å². The van der Waals surface area contributed by atoms with Crippen LogP contribution in [0.5, 0.6) is 11.5 Å². The third-order valence-corrected chi connectivity index (χ3v) is 3.99. The zero-order chi connectivity index (χ0) is 19.1. The number of carbonyl (C=O) groups is 1. The lowest BCUT2D eigenvalue weighted by molar-refractivity contribution is 0.0952. The molecule has 0 aliphatic carbocycles. The topological polar surface area (TPSA) is 70.9 Å². The van der Waals surface area contributed by atoms with Crippen LogP contribution in [0.2, 0.25) is 0 Å². The van der Waals surface area contributed by atoms with Crippen LogP contribution in [0.25, 0.3) is 0 Å². The van der Waals surface area contributed by atoms with E-state index in [0.29, 0.717) is 18.1 Å². The summed E-state index contributed by atoms with van der Waals surface area (Å²) in [5, 5.41) is 13.9. The van der Waals surface area contributed by atoms with Crippen LogP contribution in [0.15, 0.2) is 84.0 Å². The van der Waals surface area contributed by atoms with Gasteiger partial charge in [0.25, 0.3) is 5.91 Å². The number of carbonyl (C=O) groups excluding carboxylic acids is 1. The Kier molecular flexibility index (Phi) is 5.84. The summed E-state index contributed by atoms with van der Waals surface area (Å²) in [6.45, 7) is 2.23. The standard InChI is InChI=1S/C22H20N2O3/c1-16(23-24-22(26)19-12-5-7-13-20(19)25)18-11-6-8-14-21(18)27-15-17-9-3-2-4-10-17/h2-14,25H,15H2,1H3,(H,24,26)/b23-16-. The third kappa shape index (κ3) is 4.73. The lowest BCUT2D eigenvalue weighted by Crippen LogP contribution is -2.19. The van der Waals surface area contributed by atoms with Crippen LogP contribution in [-0.4, -0.2) is 16.7 Å². The monoisotopic (exact) mass is 360 g/mol. The van der Waals surface area contributed by atoms with E-state index in [9.17, 15) is 9.90 Å². The van der Waals surface area contributed by atoms with Crippen molar-refractivity contribution in [2.24, 2.45) is 5.10 Å². The predicted molar refractivity (Wildman–Crippen MR) is 105 cm³/mol.